The van der Waals surface area contributed by atoms with Gasteiger partial charge in [0, 0.05) is 4.47 Å². The SMILES string of the molecule is Cc1cc(CC(C)C(=O)O)ccc1Br. The van der Waals surface area contributed by atoms with Gasteiger partial charge in [-0.3, -0.25) is 4.79 Å². The molecule has 1 unspecified atom stereocenters. The van der Waals surface area contributed by atoms with Gasteiger partial charge in [-0.1, -0.05) is 35.0 Å². The number of hydrogen-bond donors (Lipinski definition) is 1. The van der Waals surface area contributed by atoms with E-state index in [0.717, 1.165) is 15.6 Å². The van der Waals surface area contributed by atoms with Gasteiger partial charge in [0.05, 0.1) is 5.92 Å². The Balaban J connectivity index is 2.78. The lowest BCUT2D eigenvalue weighted by Gasteiger charge is -2.07. The van der Waals surface area contributed by atoms with Crippen LogP contribution in [-0.2, 0) is 11.2 Å². The number of carboxylic acid groups (broad SMARTS) is 1. The topological polar surface area (TPSA) is 37.3 Å². The summed E-state index contributed by atoms with van der Waals surface area (Å²) < 4.78 is 1.06. The maximum atomic E-state index is 10.6. The summed E-state index contributed by atoms with van der Waals surface area (Å²) in [4.78, 5) is 10.6. The Morgan fingerprint density at radius 1 is 1.57 bits per heavy atom. The third-order valence-corrected chi connectivity index (χ3v) is 3.08. The molecular formula is C11H13BrO2. The van der Waals surface area contributed by atoms with E-state index in [-0.39, 0.29) is 5.92 Å². The molecule has 14 heavy (non-hydrogen) atoms. The molecule has 0 saturated carbocycles. The van der Waals surface area contributed by atoms with Crippen LogP contribution in [0.4, 0.5) is 0 Å². The van der Waals surface area contributed by atoms with Crippen LogP contribution >= 0.6 is 15.9 Å². The average molecular weight is 257 g/mol. The molecule has 0 spiro atoms. The van der Waals surface area contributed by atoms with Crippen LogP contribution in [0.15, 0.2) is 22.7 Å². The molecule has 0 amide bonds. The quantitative estimate of drug-likeness (QED) is 0.903. The fourth-order valence-electron chi connectivity index (χ4n) is 1.27. The third kappa shape index (κ3) is 2.84. The van der Waals surface area contributed by atoms with Crippen molar-refractivity contribution in [3.63, 3.8) is 0 Å². The van der Waals surface area contributed by atoms with E-state index in [9.17, 15) is 4.79 Å². The van der Waals surface area contributed by atoms with Crippen molar-refractivity contribution < 1.29 is 9.90 Å². The van der Waals surface area contributed by atoms with Crippen LogP contribution in [-0.4, -0.2) is 11.1 Å². The highest BCUT2D eigenvalue weighted by atomic mass is 79.9. The Bertz CT molecular complexity index is 347. The van der Waals surface area contributed by atoms with E-state index in [1.807, 2.05) is 25.1 Å². The second-order valence-corrected chi connectivity index (χ2v) is 4.38. The van der Waals surface area contributed by atoms with Crippen molar-refractivity contribution in [1.82, 2.24) is 0 Å². The van der Waals surface area contributed by atoms with Crippen LogP contribution in [0, 0.1) is 12.8 Å². The van der Waals surface area contributed by atoms with E-state index >= 15 is 0 Å². The molecule has 0 radical (unpaired) electrons. The van der Waals surface area contributed by atoms with Crippen molar-refractivity contribution in [2.45, 2.75) is 20.3 Å². The average Bonchev–Trinajstić information content (AvgIpc) is 2.11. The highest BCUT2D eigenvalue weighted by molar-refractivity contribution is 9.10. The van der Waals surface area contributed by atoms with Crippen LogP contribution in [0.5, 0.6) is 0 Å². The zero-order valence-corrected chi connectivity index (χ0v) is 9.84. The first kappa shape index (κ1) is 11.2. The second kappa shape index (κ2) is 4.60. The molecular weight excluding hydrogens is 244 g/mol. The van der Waals surface area contributed by atoms with Crippen molar-refractivity contribution in [1.29, 1.82) is 0 Å². The highest BCUT2D eigenvalue weighted by Crippen LogP contribution is 2.19. The number of aryl methyl sites for hydroxylation is 1. The first-order valence-electron chi connectivity index (χ1n) is 4.48. The number of carbonyl (C=O) groups is 1. The third-order valence-electron chi connectivity index (χ3n) is 2.19. The van der Waals surface area contributed by atoms with Crippen LogP contribution in [0.2, 0.25) is 0 Å². The molecule has 0 aromatic heterocycles. The van der Waals surface area contributed by atoms with Gasteiger partial charge in [-0.2, -0.15) is 0 Å². The van der Waals surface area contributed by atoms with Gasteiger partial charge in [0.25, 0.3) is 0 Å². The van der Waals surface area contributed by atoms with E-state index in [2.05, 4.69) is 15.9 Å². The highest BCUT2D eigenvalue weighted by Gasteiger charge is 2.11. The van der Waals surface area contributed by atoms with E-state index in [0.29, 0.717) is 6.42 Å². The van der Waals surface area contributed by atoms with Crippen molar-refractivity contribution in [2.24, 2.45) is 5.92 Å². The zero-order chi connectivity index (χ0) is 10.7. The minimum atomic E-state index is -0.745. The normalized spacial score (nSPS) is 12.5. The Labute approximate surface area is 92.1 Å². The number of carboxylic acids is 1. The van der Waals surface area contributed by atoms with Gasteiger partial charge in [0.15, 0.2) is 0 Å². The number of aliphatic carboxylic acids is 1. The summed E-state index contributed by atoms with van der Waals surface area (Å²) in [6.07, 6.45) is 0.587. The van der Waals surface area contributed by atoms with Gasteiger partial charge in [0.1, 0.15) is 0 Å². The summed E-state index contributed by atoms with van der Waals surface area (Å²) in [7, 11) is 0. The maximum Gasteiger partial charge on any atom is 0.306 e. The Kier molecular flexibility index (Phi) is 3.69. The molecule has 1 aromatic carbocycles. The van der Waals surface area contributed by atoms with Gasteiger partial charge >= 0.3 is 5.97 Å². The van der Waals surface area contributed by atoms with Crippen molar-refractivity contribution >= 4 is 21.9 Å². The van der Waals surface area contributed by atoms with Gasteiger partial charge < -0.3 is 5.11 Å². The van der Waals surface area contributed by atoms with Gasteiger partial charge in [-0.25, -0.2) is 0 Å². The Hall–Kier alpha value is -0.830. The number of hydrogen-bond acceptors (Lipinski definition) is 1. The molecule has 1 aromatic rings. The fourth-order valence-corrected chi connectivity index (χ4v) is 1.52. The summed E-state index contributed by atoms with van der Waals surface area (Å²) in [6.45, 7) is 3.72. The predicted octanol–water partition coefficient (Wildman–Crippen LogP) is 3.02. The fraction of sp³-hybridized carbons (Fsp3) is 0.364. The molecule has 0 aliphatic rings. The number of benzene rings is 1. The van der Waals surface area contributed by atoms with Gasteiger partial charge in [-0.05, 0) is 30.5 Å². The van der Waals surface area contributed by atoms with Crippen LogP contribution in [0.3, 0.4) is 0 Å². The largest absolute Gasteiger partial charge is 0.481 e. The first-order chi connectivity index (χ1) is 6.50. The Morgan fingerprint density at radius 2 is 2.21 bits per heavy atom. The molecule has 3 heteroatoms. The molecule has 0 saturated heterocycles. The molecule has 2 nitrogen and oxygen atoms in total. The lowest BCUT2D eigenvalue weighted by molar-refractivity contribution is -0.141. The molecule has 76 valence electrons. The summed E-state index contributed by atoms with van der Waals surface area (Å²) in [5, 5.41) is 8.76. The van der Waals surface area contributed by atoms with E-state index in [1.165, 1.54) is 0 Å². The lowest BCUT2D eigenvalue weighted by Crippen LogP contribution is -2.12. The van der Waals surface area contributed by atoms with Crippen molar-refractivity contribution in [3.05, 3.63) is 33.8 Å². The van der Waals surface area contributed by atoms with Gasteiger partial charge in [-0.15, -0.1) is 0 Å². The van der Waals surface area contributed by atoms with Crippen LogP contribution in [0.25, 0.3) is 0 Å². The predicted molar refractivity (Wildman–Crippen MR) is 59.4 cm³/mol. The molecule has 0 aliphatic heterocycles. The monoisotopic (exact) mass is 256 g/mol. The first-order valence-corrected chi connectivity index (χ1v) is 5.28. The van der Waals surface area contributed by atoms with Crippen molar-refractivity contribution in [3.8, 4) is 0 Å². The van der Waals surface area contributed by atoms with Crippen molar-refractivity contribution in [2.75, 3.05) is 0 Å². The molecule has 0 aliphatic carbocycles. The second-order valence-electron chi connectivity index (χ2n) is 3.53. The van der Waals surface area contributed by atoms with Gasteiger partial charge in [0.2, 0.25) is 0 Å². The summed E-state index contributed by atoms with van der Waals surface area (Å²) >= 11 is 3.41. The molecule has 1 atom stereocenters. The van der Waals surface area contributed by atoms with E-state index in [4.69, 9.17) is 5.11 Å². The molecule has 0 heterocycles. The molecule has 1 rings (SSSR count). The summed E-state index contributed by atoms with van der Waals surface area (Å²) in [5.41, 5.74) is 2.21. The lowest BCUT2D eigenvalue weighted by atomic mass is 10.0. The summed E-state index contributed by atoms with van der Waals surface area (Å²) in [6, 6.07) is 5.93. The molecule has 0 fully saturated rings. The summed E-state index contributed by atoms with van der Waals surface area (Å²) in [5.74, 6) is -1.07. The van der Waals surface area contributed by atoms with Crippen LogP contribution < -0.4 is 0 Å². The molecule has 1 N–H and O–H groups in total. The number of rotatable bonds is 3. The maximum absolute atomic E-state index is 10.6. The minimum Gasteiger partial charge on any atom is -0.481 e. The Morgan fingerprint density at radius 3 is 2.71 bits per heavy atom. The van der Waals surface area contributed by atoms with E-state index in [1.54, 1.807) is 6.92 Å². The molecule has 0 bridgehead atoms. The minimum absolute atomic E-state index is 0.324. The van der Waals surface area contributed by atoms with Crippen LogP contribution in [0.1, 0.15) is 18.1 Å². The smallest absolute Gasteiger partial charge is 0.306 e. The zero-order valence-electron chi connectivity index (χ0n) is 8.25. The van der Waals surface area contributed by atoms with E-state index < -0.39 is 5.97 Å². The standard InChI is InChI=1S/C11H13BrO2/c1-7-5-9(3-4-10(7)12)6-8(2)11(13)14/h3-5,8H,6H2,1-2H3,(H,13,14). The number of halogens is 1.